The normalized spacial score (nSPS) is 13.0. The number of carbonyl (C=O) groups excluding carboxylic acids is 2. The summed E-state index contributed by atoms with van der Waals surface area (Å²) in [7, 11) is 0. The Kier molecular flexibility index (Phi) is 45.2. The highest BCUT2D eigenvalue weighted by molar-refractivity contribution is 5.76. The van der Waals surface area contributed by atoms with Crippen LogP contribution in [0.2, 0.25) is 0 Å². The Labute approximate surface area is 353 Å². The van der Waals surface area contributed by atoms with Crippen molar-refractivity contribution in [3.8, 4) is 0 Å². The highest BCUT2D eigenvalue weighted by atomic mass is 16.5. The van der Waals surface area contributed by atoms with Gasteiger partial charge in [-0.15, -0.1) is 0 Å². The van der Waals surface area contributed by atoms with Gasteiger partial charge in [-0.25, -0.2) is 0 Å². The van der Waals surface area contributed by atoms with Crippen LogP contribution in [0, 0.1) is 0 Å². The molecule has 0 aromatic heterocycles. The van der Waals surface area contributed by atoms with Gasteiger partial charge in [0, 0.05) is 12.8 Å². The van der Waals surface area contributed by atoms with Gasteiger partial charge in [0.25, 0.3) is 0 Å². The Morgan fingerprint density at radius 1 is 0.491 bits per heavy atom. The van der Waals surface area contributed by atoms with Crippen LogP contribution in [0.5, 0.6) is 0 Å². The predicted molar refractivity (Wildman–Crippen MR) is 246 cm³/mol. The molecule has 0 heterocycles. The summed E-state index contributed by atoms with van der Waals surface area (Å²) in [5.41, 5.74) is 0. The van der Waals surface area contributed by atoms with Crippen LogP contribution in [-0.2, 0) is 14.3 Å². The summed E-state index contributed by atoms with van der Waals surface area (Å²) in [5, 5.41) is 22.9. The maximum Gasteiger partial charge on any atom is 0.305 e. The van der Waals surface area contributed by atoms with Crippen molar-refractivity contribution in [2.24, 2.45) is 0 Å². The lowest BCUT2D eigenvalue weighted by molar-refractivity contribution is -0.143. The van der Waals surface area contributed by atoms with Crippen LogP contribution in [0.3, 0.4) is 0 Å². The monoisotopic (exact) mass is 802 g/mol. The number of nitrogens with one attached hydrogen (secondary N) is 1. The molecule has 6 nitrogen and oxygen atoms in total. The first kappa shape index (κ1) is 55.1. The minimum absolute atomic E-state index is 0.0129. The van der Waals surface area contributed by atoms with E-state index >= 15 is 0 Å². The Bertz CT molecular complexity index is 931. The molecule has 3 N–H and O–H groups in total. The maximum atomic E-state index is 12.4. The molecule has 0 rings (SSSR count). The lowest BCUT2D eigenvalue weighted by Gasteiger charge is -2.20. The van der Waals surface area contributed by atoms with Crippen molar-refractivity contribution in [3.05, 3.63) is 36.5 Å². The van der Waals surface area contributed by atoms with Crippen LogP contribution < -0.4 is 5.32 Å². The third kappa shape index (κ3) is 43.5. The molecule has 0 fully saturated rings. The molecule has 0 saturated heterocycles. The summed E-state index contributed by atoms with van der Waals surface area (Å²) < 4.78 is 5.46. The first-order chi connectivity index (χ1) is 28.0. The molecule has 0 saturated carbocycles. The molecule has 2 unspecified atom stereocenters. The van der Waals surface area contributed by atoms with Crippen LogP contribution in [0.4, 0.5) is 0 Å². The summed E-state index contributed by atoms with van der Waals surface area (Å²) >= 11 is 0. The zero-order valence-corrected chi connectivity index (χ0v) is 37.8. The minimum atomic E-state index is -0.847. The predicted octanol–water partition coefficient (Wildman–Crippen LogP) is 14.5. The van der Waals surface area contributed by atoms with E-state index < -0.39 is 12.1 Å². The number of allylic oxidation sites excluding steroid dienone is 5. The Hall–Kier alpha value is -1.92. The standard InChI is InChI=1S/C51H95NO5/c1-3-5-7-9-11-13-14-15-18-22-25-29-33-37-41-45-51(56)57-46-42-38-34-30-26-23-20-17-16-19-21-24-28-32-36-40-44-50(55)52-48(47-53)49(54)43-39-35-31-27-12-10-8-6-4-2/h11,13,15,18,39,43,48-49,53-54H,3-10,12,14,16-17,19-38,40-42,44-47H2,1-2H3,(H,52,55)/b13-11-,18-15-,43-39+. The van der Waals surface area contributed by atoms with E-state index in [4.69, 9.17) is 4.74 Å². The zero-order chi connectivity index (χ0) is 41.5. The third-order valence-electron chi connectivity index (χ3n) is 11.2. The number of esters is 1. The average molecular weight is 802 g/mol. The molecule has 0 aromatic carbocycles. The van der Waals surface area contributed by atoms with Crippen molar-refractivity contribution in [2.45, 2.75) is 264 Å². The third-order valence-corrected chi connectivity index (χ3v) is 11.2. The molecular formula is C51H95NO5. The van der Waals surface area contributed by atoms with Crippen molar-refractivity contribution >= 4 is 11.9 Å². The number of aliphatic hydroxyl groups excluding tert-OH is 2. The molecule has 0 aromatic rings. The number of carbonyl (C=O) groups is 2. The van der Waals surface area contributed by atoms with Crippen molar-refractivity contribution in [2.75, 3.05) is 13.2 Å². The SMILES string of the molecule is CCCCC/C=C\C/C=C\CCCCCCCC(=O)OCCCCCCCCCCCCCCCCCCC(=O)NC(CO)C(O)/C=C/CCCCCCCCC. The van der Waals surface area contributed by atoms with Gasteiger partial charge in [-0.05, 0) is 64.2 Å². The number of ether oxygens (including phenoxy) is 1. The smallest absolute Gasteiger partial charge is 0.305 e. The van der Waals surface area contributed by atoms with E-state index in [0.717, 1.165) is 57.8 Å². The second-order valence-electron chi connectivity index (χ2n) is 16.8. The Morgan fingerprint density at radius 2 is 0.877 bits per heavy atom. The van der Waals surface area contributed by atoms with E-state index in [1.807, 2.05) is 6.08 Å². The highest BCUT2D eigenvalue weighted by Gasteiger charge is 2.18. The molecule has 1 amide bonds. The van der Waals surface area contributed by atoms with E-state index in [2.05, 4.69) is 43.5 Å². The summed E-state index contributed by atoms with van der Waals surface area (Å²) in [6, 6.07) is -0.631. The fourth-order valence-corrected chi connectivity index (χ4v) is 7.31. The summed E-state index contributed by atoms with van der Waals surface area (Å²) in [5.74, 6) is -0.0920. The Balaban J connectivity index is 3.43. The van der Waals surface area contributed by atoms with Crippen molar-refractivity contribution < 1.29 is 24.5 Å². The van der Waals surface area contributed by atoms with Gasteiger partial charge in [-0.1, -0.05) is 211 Å². The molecule has 0 bridgehead atoms. The number of amides is 1. The van der Waals surface area contributed by atoms with Gasteiger partial charge in [-0.3, -0.25) is 9.59 Å². The molecule has 0 aliphatic rings. The van der Waals surface area contributed by atoms with E-state index in [0.29, 0.717) is 19.4 Å². The average Bonchev–Trinajstić information content (AvgIpc) is 3.21. The first-order valence-electron chi connectivity index (χ1n) is 24.8. The second-order valence-corrected chi connectivity index (χ2v) is 16.8. The molecule has 334 valence electrons. The molecule has 6 heteroatoms. The van der Waals surface area contributed by atoms with Gasteiger partial charge in [-0.2, -0.15) is 0 Å². The molecule has 0 spiro atoms. The van der Waals surface area contributed by atoms with E-state index in [1.54, 1.807) is 6.08 Å². The number of rotatable bonds is 45. The molecule has 0 aliphatic heterocycles. The van der Waals surface area contributed by atoms with Crippen LogP contribution in [-0.4, -0.2) is 47.4 Å². The number of hydrogen-bond acceptors (Lipinski definition) is 5. The van der Waals surface area contributed by atoms with Crippen LogP contribution in [0.1, 0.15) is 251 Å². The summed E-state index contributed by atoms with van der Waals surface area (Å²) in [6.45, 7) is 4.82. The van der Waals surface area contributed by atoms with Gasteiger partial charge in [0.1, 0.15) is 0 Å². The number of aliphatic hydroxyl groups is 2. The van der Waals surface area contributed by atoms with E-state index in [9.17, 15) is 19.8 Å². The van der Waals surface area contributed by atoms with Crippen molar-refractivity contribution in [1.82, 2.24) is 5.32 Å². The molecule has 2 atom stereocenters. The lowest BCUT2D eigenvalue weighted by Crippen LogP contribution is -2.45. The van der Waals surface area contributed by atoms with Crippen LogP contribution in [0.25, 0.3) is 0 Å². The van der Waals surface area contributed by atoms with Gasteiger partial charge in [0.2, 0.25) is 5.91 Å². The van der Waals surface area contributed by atoms with E-state index in [1.165, 1.54) is 167 Å². The number of unbranched alkanes of at least 4 members (excludes halogenated alkanes) is 30. The largest absolute Gasteiger partial charge is 0.466 e. The topological polar surface area (TPSA) is 95.9 Å². The van der Waals surface area contributed by atoms with Gasteiger partial charge in [0.15, 0.2) is 0 Å². The summed E-state index contributed by atoms with van der Waals surface area (Å²) in [4.78, 5) is 24.4. The molecule has 0 aliphatic carbocycles. The number of hydrogen-bond donors (Lipinski definition) is 3. The fourth-order valence-electron chi connectivity index (χ4n) is 7.31. The highest BCUT2D eigenvalue weighted by Crippen LogP contribution is 2.15. The van der Waals surface area contributed by atoms with Crippen molar-refractivity contribution in [3.63, 3.8) is 0 Å². The molecular weight excluding hydrogens is 707 g/mol. The first-order valence-corrected chi connectivity index (χ1v) is 24.8. The van der Waals surface area contributed by atoms with Gasteiger partial charge in [0.05, 0.1) is 25.4 Å². The van der Waals surface area contributed by atoms with E-state index in [-0.39, 0.29) is 18.5 Å². The molecule has 57 heavy (non-hydrogen) atoms. The zero-order valence-electron chi connectivity index (χ0n) is 37.8. The Morgan fingerprint density at radius 3 is 1.37 bits per heavy atom. The maximum absolute atomic E-state index is 12.4. The minimum Gasteiger partial charge on any atom is -0.466 e. The molecule has 0 radical (unpaired) electrons. The lowest BCUT2D eigenvalue weighted by atomic mass is 10.0. The van der Waals surface area contributed by atoms with Crippen LogP contribution in [0.15, 0.2) is 36.5 Å². The van der Waals surface area contributed by atoms with Gasteiger partial charge < -0.3 is 20.3 Å². The summed E-state index contributed by atoms with van der Waals surface area (Å²) in [6.07, 6.45) is 55.7. The van der Waals surface area contributed by atoms with Gasteiger partial charge >= 0.3 is 5.97 Å². The quantitative estimate of drug-likeness (QED) is 0.0324. The van der Waals surface area contributed by atoms with Crippen LogP contribution >= 0.6 is 0 Å². The van der Waals surface area contributed by atoms with Crippen molar-refractivity contribution in [1.29, 1.82) is 0 Å². The second kappa shape index (κ2) is 46.8. The fraction of sp³-hybridized carbons (Fsp3) is 0.843.